The third-order valence-electron chi connectivity index (χ3n) is 7.94. The lowest BCUT2D eigenvalue weighted by atomic mass is 9.79. The van der Waals surface area contributed by atoms with Gasteiger partial charge in [0.25, 0.3) is 11.8 Å². The van der Waals surface area contributed by atoms with E-state index in [1.807, 2.05) is 82.3 Å². The highest BCUT2D eigenvalue weighted by atomic mass is 16.7. The van der Waals surface area contributed by atoms with E-state index in [2.05, 4.69) is 29.8 Å². The first-order valence-corrected chi connectivity index (χ1v) is 14.1. The zero-order valence-electron chi connectivity index (χ0n) is 24.5. The molecular weight excluding hydrogens is 514 g/mol. The maximum atomic E-state index is 14.2. The van der Waals surface area contributed by atoms with E-state index in [0.717, 1.165) is 52.0 Å². The van der Waals surface area contributed by atoms with E-state index < -0.39 is 5.92 Å². The Hall–Kier alpha value is -4.52. The van der Waals surface area contributed by atoms with Gasteiger partial charge in [-0.25, -0.2) is 0 Å². The first-order valence-electron chi connectivity index (χ1n) is 14.1. The Balaban J connectivity index is 1.61. The monoisotopic (exact) mass is 551 g/mol. The molecule has 0 bridgehead atoms. The van der Waals surface area contributed by atoms with Crippen LogP contribution in [0.5, 0.6) is 11.5 Å². The normalized spacial score (nSPS) is 14.7. The molecule has 0 fully saturated rings. The van der Waals surface area contributed by atoms with Crippen LogP contribution in [-0.2, 0) is 22.4 Å². The molecule has 0 unspecified atom stereocenters. The van der Waals surface area contributed by atoms with Crippen LogP contribution in [0.2, 0.25) is 0 Å². The molecule has 0 aromatic heterocycles. The second kappa shape index (κ2) is 11.5. The summed E-state index contributed by atoms with van der Waals surface area (Å²) in [7, 11) is 0. The van der Waals surface area contributed by atoms with Crippen LogP contribution >= 0.6 is 0 Å². The number of anilines is 2. The van der Waals surface area contributed by atoms with Crippen molar-refractivity contribution in [2.45, 2.75) is 60.3 Å². The number of benzene rings is 3. The molecule has 7 nitrogen and oxygen atoms in total. The number of rotatable bonds is 7. The molecule has 212 valence electrons. The molecule has 3 aromatic carbocycles. The van der Waals surface area contributed by atoms with Gasteiger partial charge in [-0.15, -0.1) is 0 Å². The summed E-state index contributed by atoms with van der Waals surface area (Å²) in [4.78, 5) is 28.4. The lowest BCUT2D eigenvalue weighted by Gasteiger charge is -2.32. The van der Waals surface area contributed by atoms with Crippen molar-refractivity contribution in [1.29, 1.82) is 0 Å². The van der Waals surface area contributed by atoms with Crippen LogP contribution in [0, 0.1) is 13.8 Å². The summed E-state index contributed by atoms with van der Waals surface area (Å²) in [6.07, 6.45) is 1.56. The highest BCUT2D eigenvalue weighted by Crippen LogP contribution is 2.43. The minimum atomic E-state index is -0.645. The van der Waals surface area contributed by atoms with Gasteiger partial charge in [-0.05, 0) is 80.5 Å². The van der Waals surface area contributed by atoms with Gasteiger partial charge in [-0.2, -0.15) is 0 Å². The minimum absolute atomic E-state index is 0.135. The van der Waals surface area contributed by atoms with Gasteiger partial charge in [0, 0.05) is 39.8 Å². The summed E-state index contributed by atoms with van der Waals surface area (Å²) in [6, 6.07) is 17.6. The fourth-order valence-electron chi connectivity index (χ4n) is 5.79. The van der Waals surface area contributed by atoms with Gasteiger partial charge in [0.1, 0.15) is 0 Å². The van der Waals surface area contributed by atoms with Crippen molar-refractivity contribution in [2.24, 2.45) is 0 Å². The van der Waals surface area contributed by atoms with Crippen LogP contribution in [0.4, 0.5) is 11.4 Å². The number of carbonyl (C=O) groups excluding carboxylic acids is 2. The van der Waals surface area contributed by atoms with Crippen molar-refractivity contribution >= 4 is 23.2 Å². The number of ether oxygens (including phenoxy) is 2. The minimum Gasteiger partial charge on any atom is -0.454 e. The molecule has 41 heavy (non-hydrogen) atoms. The highest BCUT2D eigenvalue weighted by Gasteiger charge is 2.37. The van der Waals surface area contributed by atoms with E-state index in [1.54, 1.807) is 0 Å². The number of para-hydroxylation sites is 2. The van der Waals surface area contributed by atoms with E-state index in [4.69, 9.17) is 9.47 Å². The van der Waals surface area contributed by atoms with Crippen LogP contribution in [0.3, 0.4) is 0 Å². The van der Waals surface area contributed by atoms with Crippen molar-refractivity contribution in [3.05, 3.63) is 105 Å². The number of aryl methyl sites for hydroxylation is 4. The molecule has 3 N–H and O–H groups in total. The van der Waals surface area contributed by atoms with E-state index in [0.29, 0.717) is 34.0 Å². The van der Waals surface area contributed by atoms with Gasteiger partial charge in [-0.1, -0.05) is 56.3 Å². The Labute approximate surface area is 241 Å². The molecule has 2 amide bonds. The lowest BCUT2D eigenvalue weighted by molar-refractivity contribution is -0.113. The maximum absolute atomic E-state index is 14.2. The van der Waals surface area contributed by atoms with Crippen molar-refractivity contribution in [1.82, 2.24) is 5.32 Å². The fraction of sp³-hybridized carbons (Fsp3) is 0.294. The van der Waals surface area contributed by atoms with Crippen LogP contribution < -0.4 is 25.4 Å². The fourth-order valence-corrected chi connectivity index (χ4v) is 5.79. The van der Waals surface area contributed by atoms with E-state index >= 15 is 0 Å². The van der Waals surface area contributed by atoms with E-state index in [9.17, 15) is 9.59 Å². The van der Waals surface area contributed by atoms with Gasteiger partial charge in [0.15, 0.2) is 11.5 Å². The molecule has 0 aliphatic carbocycles. The molecule has 2 aliphatic rings. The Kier molecular flexibility index (Phi) is 7.88. The van der Waals surface area contributed by atoms with Gasteiger partial charge >= 0.3 is 0 Å². The second-order valence-corrected chi connectivity index (χ2v) is 10.6. The van der Waals surface area contributed by atoms with Crippen molar-refractivity contribution in [2.75, 3.05) is 17.4 Å². The first-order chi connectivity index (χ1) is 19.7. The third kappa shape index (κ3) is 5.32. The van der Waals surface area contributed by atoms with Crippen LogP contribution in [-0.4, -0.2) is 18.6 Å². The quantitative estimate of drug-likeness (QED) is 0.305. The highest BCUT2D eigenvalue weighted by molar-refractivity contribution is 6.12. The van der Waals surface area contributed by atoms with Gasteiger partial charge in [0.05, 0.1) is 0 Å². The average Bonchev–Trinajstić information content (AvgIpc) is 3.42. The molecule has 7 heteroatoms. The molecule has 0 saturated carbocycles. The van der Waals surface area contributed by atoms with Crippen LogP contribution in [0.1, 0.15) is 61.4 Å². The van der Waals surface area contributed by atoms with Gasteiger partial charge < -0.3 is 25.4 Å². The van der Waals surface area contributed by atoms with Gasteiger partial charge in [-0.3, -0.25) is 9.59 Å². The van der Waals surface area contributed by atoms with Crippen LogP contribution in [0.15, 0.2) is 77.1 Å². The summed E-state index contributed by atoms with van der Waals surface area (Å²) in [5, 5.41) is 9.71. The van der Waals surface area contributed by atoms with Crippen LogP contribution in [0.25, 0.3) is 0 Å². The first kappa shape index (κ1) is 28.0. The largest absolute Gasteiger partial charge is 0.454 e. The molecule has 2 heterocycles. The summed E-state index contributed by atoms with van der Waals surface area (Å²) in [6.45, 7) is 12.0. The second-order valence-electron chi connectivity index (χ2n) is 10.6. The predicted octanol–water partition coefficient (Wildman–Crippen LogP) is 6.67. The summed E-state index contributed by atoms with van der Waals surface area (Å²) < 4.78 is 11.2. The molecule has 0 radical (unpaired) electrons. The SMILES string of the molecule is CCc1cccc(C)c1NC(=O)C1=C(C)NC(C)=C(C(=O)Nc2c(C)cccc2CC)C1c1ccc2c(c1)OCO2. The summed E-state index contributed by atoms with van der Waals surface area (Å²) in [5.41, 5.74) is 8.77. The third-order valence-corrected chi connectivity index (χ3v) is 7.94. The number of dihydropyridines is 1. The smallest absolute Gasteiger partial charge is 0.254 e. The molecule has 2 aliphatic heterocycles. The Morgan fingerprint density at radius 3 is 1.78 bits per heavy atom. The number of hydrogen-bond donors (Lipinski definition) is 3. The number of hydrogen-bond acceptors (Lipinski definition) is 5. The Bertz CT molecular complexity index is 1510. The van der Waals surface area contributed by atoms with Gasteiger partial charge in [0.2, 0.25) is 6.79 Å². The number of nitrogens with one attached hydrogen (secondary N) is 3. The number of fused-ring (bicyclic) bond motifs is 1. The number of allylic oxidation sites excluding steroid dienone is 2. The number of amides is 2. The number of carbonyl (C=O) groups is 2. The Morgan fingerprint density at radius 2 is 1.27 bits per heavy atom. The molecule has 5 rings (SSSR count). The summed E-state index contributed by atoms with van der Waals surface area (Å²) >= 11 is 0. The summed E-state index contributed by atoms with van der Waals surface area (Å²) in [5.74, 6) is 0.0689. The Morgan fingerprint density at radius 1 is 0.756 bits per heavy atom. The molecule has 0 saturated heterocycles. The molecular formula is C34H37N3O4. The molecule has 3 aromatic rings. The molecule has 0 spiro atoms. The predicted molar refractivity (Wildman–Crippen MR) is 162 cm³/mol. The maximum Gasteiger partial charge on any atom is 0.254 e. The van der Waals surface area contributed by atoms with E-state index in [1.165, 1.54) is 0 Å². The van der Waals surface area contributed by atoms with Crippen molar-refractivity contribution < 1.29 is 19.1 Å². The average molecular weight is 552 g/mol. The van der Waals surface area contributed by atoms with Crippen molar-refractivity contribution in [3.8, 4) is 11.5 Å². The topological polar surface area (TPSA) is 88.7 Å². The molecule has 0 atom stereocenters. The standard InChI is InChI=1S/C34H37N3O4/c1-7-23-13-9-11-19(3)31(23)36-33(38)28-21(5)35-22(6)29(30(28)25-15-16-26-27(17-25)41-18-40-26)34(39)37-32-20(4)12-10-14-24(32)8-2/h9-17,30,35H,7-8,18H2,1-6H3,(H,36,38)(H,37,39). The van der Waals surface area contributed by atoms with E-state index in [-0.39, 0.29) is 18.6 Å². The zero-order chi connectivity index (χ0) is 29.3. The zero-order valence-corrected chi connectivity index (χ0v) is 24.5. The van der Waals surface area contributed by atoms with Crippen molar-refractivity contribution in [3.63, 3.8) is 0 Å². The lowest BCUT2D eigenvalue weighted by Crippen LogP contribution is -2.35.